The average Bonchev–Trinajstić information content (AvgIpc) is 2.19. The molecule has 96 valence electrons. The molecule has 2 amide bonds. The number of hydrogen-bond donors (Lipinski definition) is 1. The van der Waals surface area contributed by atoms with Gasteiger partial charge in [0, 0.05) is 33.1 Å². The average molecular weight is 252 g/mol. The molecule has 0 aliphatic heterocycles. The Labute approximate surface area is 103 Å². The molecule has 6 heteroatoms. The van der Waals surface area contributed by atoms with E-state index in [1.54, 1.807) is 11.9 Å². The molecule has 0 bridgehead atoms. The number of rotatable bonds is 6. The highest BCUT2D eigenvalue weighted by Gasteiger charge is 2.15. The fourth-order valence-corrected chi connectivity index (χ4v) is 1.28. The second-order valence-electron chi connectivity index (χ2n) is 3.35. The number of carbonyl (C=O) groups is 2. The molecule has 0 radical (unpaired) electrons. The van der Waals surface area contributed by atoms with Crippen LogP contribution in [0.15, 0.2) is 0 Å². The van der Waals surface area contributed by atoms with Gasteiger partial charge in [0.2, 0.25) is 11.8 Å². The molecule has 0 aliphatic carbocycles. The minimum atomic E-state index is -0.0852. The Balaban J connectivity index is 0. The molecule has 0 fully saturated rings. The normalized spacial score (nSPS) is 9.25. The van der Waals surface area contributed by atoms with Crippen molar-refractivity contribution in [2.75, 3.05) is 33.2 Å². The van der Waals surface area contributed by atoms with Crippen molar-refractivity contribution in [2.45, 2.75) is 20.3 Å². The summed E-state index contributed by atoms with van der Waals surface area (Å²) in [5.74, 6) is -0.106. The van der Waals surface area contributed by atoms with Crippen LogP contribution in [0.2, 0.25) is 0 Å². The lowest BCUT2D eigenvalue weighted by Crippen LogP contribution is -2.41. The first-order valence-electron chi connectivity index (χ1n) is 5.28. The van der Waals surface area contributed by atoms with Gasteiger partial charge in [0.1, 0.15) is 0 Å². The molecule has 0 saturated heterocycles. The predicted octanol–water partition coefficient (Wildman–Crippen LogP) is 0.0838. The molecule has 0 heterocycles. The van der Waals surface area contributed by atoms with Gasteiger partial charge in [-0.2, -0.15) is 0 Å². The zero-order valence-corrected chi connectivity index (χ0v) is 11.0. The largest absolute Gasteiger partial charge is 0.342 e. The fourth-order valence-electron chi connectivity index (χ4n) is 1.28. The Kier molecular flexibility index (Phi) is 10.3. The highest BCUT2D eigenvalue weighted by atomic mass is 35.5. The summed E-state index contributed by atoms with van der Waals surface area (Å²) in [4.78, 5) is 26.1. The van der Waals surface area contributed by atoms with E-state index in [9.17, 15) is 9.59 Å². The van der Waals surface area contributed by atoms with Gasteiger partial charge in [-0.15, -0.1) is 12.4 Å². The number of likely N-dealkylation sites (N-methyl/N-ethyl adjacent to an activating group) is 2. The molecule has 0 spiro atoms. The smallest absolute Gasteiger partial charge is 0.242 e. The second-order valence-corrected chi connectivity index (χ2v) is 3.35. The minimum absolute atomic E-state index is 0. The maximum atomic E-state index is 11.6. The van der Waals surface area contributed by atoms with Crippen molar-refractivity contribution in [2.24, 2.45) is 5.73 Å². The van der Waals surface area contributed by atoms with E-state index in [4.69, 9.17) is 5.73 Å². The summed E-state index contributed by atoms with van der Waals surface area (Å²) >= 11 is 0. The SMILES string of the molecule is CCN(CC)C(=O)CN(C)C(=O)CCN.Cl. The summed E-state index contributed by atoms with van der Waals surface area (Å²) in [5, 5.41) is 0. The zero-order chi connectivity index (χ0) is 11.8. The summed E-state index contributed by atoms with van der Waals surface area (Å²) in [7, 11) is 1.62. The van der Waals surface area contributed by atoms with Crippen molar-refractivity contribution < 1.29 is 9.59 Å². The number of nitrogens with two attached hydrogens (primary N) is 1. The standard InChI is InChI=1S/C10H21N3O2.ClH/c1-4-13(5-2)10(15)8-12(3)9(14)6-7-11;/h4-8,11H2,1-3H3;1H. The Hall–Kier alpha value is -0.810. The number of carbonyl (C=O) groups excluding carboxylic acids is 2. The summed E-state index contributed by atoms with van der Waals surface area (Å²) in [5.41, 5.74) is 5.27. The molecule has 2 N–H and O–H groups in total. The molecule has 0 aliphatic rings. The zero-order valence-electron chi connectivity index (χ0n) is 10.2. The Morgan fingerprint density at radius 2 is 1.62 bits per heavy atom. The van der Waals surface area contributed by atoms with Gasteiger partial charge in [-0.25, -0.2) is 0 Å². The van der Waals surface area contributed by atoms with Crippen LogP contribution in [0.4, 0.5) is 0 Å². The molecule has 0 rings (SSSR count). The van der Waals surface area contributed by atoms with E-state index >= 15 is 0 Å². The molecule has 5 nitrogen and oxygen atoms in total. The lowest BCUT2D eigenvalue weighted by Gasteiger charge is -2.23. The number of nitrogens with zero attached hydrogens (tertiary/aromatic N) is 2. The van der Waals surface area contributed by atoms with Crippen LogP contribution in [0.1, 0.15) is 20.3 Å². The first-order chi connectivity index (χ1) is 7.06. The molecular formula is C10H22ClN3O2. The molecule has 0 aromatic carbocycles. The van der Waals surface area contributed by atoms with Crippen LogP contribution in [0.25, 0.3) is 0 Å². The van der Waals surface area contributed by atoms with Crippen molar-refractivity contribution in [1.82, 2.24) is 9.80 Å². The maximum absolute atomic E-state index is 11.6. The predicted molar refractivity (Wildman–Crippen MR) is 66.5 cm³/mol. The third-order valence-electron chi connectivity index (χ3n) is 2.27. The monoisotopic (exact) mass is 251 g/mol. The van der Waals surface area contributed by atoms with Crippen molar-refractivity contribution in [3.8, 4) is 0 Å². The van der Waals surface area contributed by atoms with Gasteiger partial charge in [0.05, 0.1) is 6.54 Å². The van der Waals surface area contributed by atoms with Crippen LogP contribution < -0.4 is 5.73 Å². The summed E-state index contributed by atoms with van der Waals surface area (Å²) in [6, 6.07) is 0. The lowest BCUT2D eigenvalue weighted by atomic mass is 10.3. The third-order valence-corrected chi connectivity index (χ3v) is 2.27. The maximum Gasteiger partial charge on any atom is 0.242 e. The molecule has 0 aromatic heterocycles. The van der Waals surface area contributed by atoms with Crippen LogP contribution in [-0.4, -0.2) is 54.8 Å². The summed E-state index contributed by atoms with van der Waals surface area (Å²) in [6.07, 6.45) is 0.294. The van der Waals surface area contributed by atoms with Crippen LogP contribution >= 0.6 is 12.4 Å². The van der Waals surface area contributed by atoms with Gasteiger partial charge in [0.25, 0.3) is 0 Å². The topological polar surface area (TPSA) is 66.6 Å². The van der Waals surface area contributed by atoms with Crippen molar-refractivity contribution in [3.63, 3.8) is 0 Å². The third kappa shape index (κ3) is 5.92. The van der Waals surface area contributed by atoms with Crippen LogP contribution in [0.3, 0.4) is 0 Å². The van der Waals surface area contributed by atoms with E-state index < -0.39 is 0 Å². The quantitative estimate of drug-likeness (QED) is 0.727. The van der Waals surface area contributed by atoms with Gasteiger partial charge in [-0.1, -0.05) is 0 Å². The molecule has 0 aromatic rings. The second kappa shape index (κ2) is 9.42. The van der Waals surface area contributed by atoms with Crippen LogP contribution in [0.5, 0.6) is 0 Å². The molecular weight excluding hydrogens is 230 g/mol. The molecule has 0 atom stereocenters. The lowest BCUT2D eigenvalue weighted by molar-refractivity contribution is -0.139. The van der Waals surface area contributed by atoms with E-state index in [0.717, 1.165) is 0 Å². The van der Waals surface area contributed by atoms with Gasteiger partial charge in [0.15, 0.2) is 0 Å². The van der Waals surface area contributed by atoms with E-state index in [-0.39, 0.29) is 30.8 Å². The van der Waals surface area contributed by atoms with Crippen molar-refractivity contribution in [1.29, 1.82) is 0 Å². The minimum Gasteiger partial charge on any atom is -0.342 e. The van der Waals surface area contributed by atoms with Crippen LogP contribution in [0, 0.1) is 0 Å². The Morgan fingerprint density at radius 3 is 2.00 bits per heavy atom. The van der Waals surface area contributed by atoms with Crippen molar-refractivity contribution in [3.05, 3.63) is 0 Å². The van der Waals surface area contributed by atoms with Gasteiger partial charge < -0.3 is 15.5 Å². The highest BCUT2D eigenvalue weighted by Crippen LogP contribution is 1.94. The molecule has 0 unspecified atom stereocenters. The first kappa shape index (κ1) is 17.6. The van der Waals surface area contributed by atoms with Crippen molar-refractivity contribution >= 4 is 24.2 Å². The Morgan fingerprint density at radius 1 is 1.12 bits per heavy atom. The highest BCUT2D eigenvalue weighted by molar-refractivity contribution is 5.85. The first-order valence-corrected chi connectivity index (χ1v) is 5.28. The van der Waals surface area contributed by atoms with E-state index in [0.29, 0.717) is 26.1 Å². The van der Waals surface area contributed by atoms with Gasteiger partial charge in [-0.3, -0.25) is 9.59 Å². The number of amides is 2. The fraction of sp³-hybridized carbons (Fsp3) is 0.800. The Bertz CT molecular complexity index is 220. The summed E-state index contributed by atoms with van der Waals surface area (Å²) in [6.45, 7) is 5.65. The van der Waals surface area contributed by atoms with E-state index in [1.807, 2.05) is 13.8 Å². The van der Waals surface area contributed by atoms with E-state index in [1.165, 1.54) is 4.90 Å². The van der Waals surface area contributed by atoms with Gasteiger partial charge in [-0.05, 0) is 13.8 Å². The van der Waals surface area contributed by atoms with E-state index in [2.05, 4.69) is 0 Å². The molecule has 16 heavy (non-hydrogen) atoms. The van der Waals surface area contributed by atoms with Gasteiger partial charge >= 0.3 is 0 Å². The summed E-state index contributed by atoms with van der Waals surface area (Å²) < 4.78 is 0. The van der Waals surface area contributed by atoms with Crippen LogP contribution in [-0.2, 0) is 9.59 Å². The molecule has 0 saturated carbocycles. The number of halogens is 1. The number of hydrogen-bond acceptors (Lipinski definition) is 3.